The summed E-state index contributed by atoms with van der Waals surface area (Å²) >= 11 is 0. The summed E-state index contributed by atoms with van der Waals surface area (Å²) in [7, 11) is -1.46. The van der Waals surface area contributed by atoms with Gasteiger partial charge in [-0.3, -0.25) is 4.79 Å². The second-order valence-electron chi connectivity index (χ2n) is 9.80. The topological polar surface area (TPSA) is 102 Å². The van der Waals surface area contributed by atoms with E-state index in [1.807, 2.05) is 4.90 Å². The van der Waals surface area contributed by atoms with Crippen LogP contribution in [0.2, 0.25) is 0 Å². The number of nitrogens with one attached hydrogen (secondary N) is 2. The summed E-state index contributed by atoms with van der Waals surface area (Å²) in [5, 5.41) is 5.75. The highest BCUT2D eigenvalue weighted by Crippen LogP contribution is 2.23. The summed E-state index contributed by atoms with van der Waals surface area (Å²) in [6.07, 6.45) is 3.21. The molecule has 3 amide bonds. The van der Waals surface area contributed by atoms with Crippen molar-refractivity contribution >= 4 is 27.6 Å². The van der Waals surface area contributed by atoms with Gasteiger partial charge >= 0.3 is 6.03 Å². The van der Waals surface area contributed by atoms with E-state index >= 15 is 0 Å². The molecule has 2 saturated heterocycles. The molecule has 190 valence electrons. The van der Waals surface area contributed by atoms with Crippen LogP contribution >= 0.6 is 0 Å². The Labute approximate surface area is 203 Å². The van der Waals surface area contributed by atoms with Gasteiger partial charge in [-0.25, -0.2) is 13.2 Å². The molecule has 0 unspecified atom stereocenters. The maximum Gasteiger partial charge on any atom is 0.317 e. The molecular formula is C24H39N5O4S. The first kappa shape index (κ1) is 26.4. The van der Waals surface area contributed by atoms with Gasteiger partial charge in [0, 0.05) is 57.4 Å². The minimum atomic E-state index is -3.61. The standard InChI is InChI=1S/C24H39N5O4S/c1-18(2)27(4)17-20-9-13-28(14-10-20)24(31)26-22-11-15-29(16-12-22)34(32,33)23-7-5-21(6-8-23)25-19(3)30/h5-8,18,20,22H,9-17H2,1-4H3,(H,25,30)(H,26,31). The van der Waals surface area contributed by atoms with E-state index in [2.05, 4.69) is 36.4 Å². The van der Waals surface area contributed by atoms with E-state index in [1.54, 1.807) is 12.1 Å². The number of carbonyl (C=O) groups is 2. The average Bonchev–Trinajstić information content (AvgIpc) is 2.79. The van der Waals surface area contributed by atoms with Crippen molar-refractivity contribution in [2.45, 2.75) is 63.4 Å². The highest BCUT2D eigenvalue weighted by atomic mass is 32.2. The van der Waals surface area contributed by atoms with Gasteiger partial charge in [0.05, 0.1) is 4.90 Å². The molecule has 2 N–H and O–H groups in total. The van der Waals surface area contributed by atoms with Crippen molar-refractivity contribution in [3.8, 4) is 0 Å². The summed E-state index contributed by atoms with van der Waals surface area (Å²) in [5.74, 6) is 0.417. The molecule has 2 heterocycles. The minimum Gasteiger partial charge on any atom is -0.335 e. The smallest absolute Gasteiger partial charge is 0.317 e. The molecule has 0 spiro atoms. The monoisotopic (exact) mass is 493 g/mol. The SMILES string of the molecule is CC(=O)Nc1ccc(S(=O)(=O)N2CCC(NC(=O)N3CCC(CN(C)C(C)C)CC3)CC2)cc1. The van der Waals surface area contributed by atoms with E-state index in [0.717, 1.165) is 32.5 Å². The fraction of sp³-hybridized carbons (Fsp3) is 0.667. The van der Waals surface area contributed by atoms with Crippen molar-refractivity contribution in [3.05, 3.63) is 24.3 Å². The van der Waals surface area contributed by atoms with Gasteiger partial charge in [-0.1, -0.05) is 0 Å². The molecule has 2 fully saturated rings. The van der Waals surface area contributed by atoms with Gasteiger partial charge in [0.1, 0.15) is 0 Å². The summed E-state index contributed by atoms with van der Waals surface area (Å²) in [6, 6.07) is 6.67. The van der Waals surface area contributed by atoms with Crippen LogP contribution in [0, 0.1) is 5.92 Å². The molecule has 0 aliphatic carbocycles. The summed E-state index contributed by atoms with van der Waals surface area (Å²) < 4.78 is 27.4. The average molecular weight is 494 g/mol. The maximum absolute atomic E-state index is 13.0. The number of anilines is 1. The number of likely N-dealkylation sites (tertiary alicyclic amines) is 1. The number of carbonyl (C=O) groups excluding carboxylic acids is 2. The zero-order valence-corrected chi connectivity index (χ0v) is 21.6. The van der Waals surface area contributed by atoms with Gasteiger partial charge in [0.15, 0.2) is 0 Å². The summed E-state index contributed by atoms with van der Waals surface area (Å²) in [6.45, 7) is 9.13. The molecule has 0 radical (unpaired) electrons. The fourth-order valence-electron chi connectivity index (χ4n) is 4.51. The Morgan fingerprint density at radius 2 is 1.62 bits per heavy atom. The van der Waals surface area contributed by atoms with E-state index in [9.17, 15) is 18.0 Å². The number of rotatable bonds is 7. The molecule has 9 nitrogen and oxygen atoms in total. The van der Waals surface area contributed by atoms with Gasteiger partial charge in [-0.2, -0.15) is 4.31 Å². The summed E-state index contributed by atoms with van der Waals surface area (Å²) in [5.41, 5.74) is 0.559. The van der Waals surface area contributed by atoms with Crippen LogP contribution in [0.15, 0.2) is 29.2 Å². The minimum absolute atomic E-state index is 0.0223. The van der Waals surface area contributed by atoms with E-state index in [0.29, 0.717) is 43.6 Å². The molecule has 10 heteroatoms. The Hall–Kier alpha value is -2.17. The van der Waals surface area contributed by atoms with Crippen molar-refractivity contribution < 1.29 is 18.0 Å². The molecule has 0 bridgehead atoms. The van der Waals surface area contributed by atoms with Gasteiger partial charge in [0.2, 0.25) is 15.9 Å². The lowest BCUT2D eigenvalue weighted by Crippen LogP contribution is -2.52. The van der Waals surface area contributed by atoms with E-state index in [-0.39, 0.29) is 22.9 Å². The molecular weight excluding hydrogens is 454 g/mol. The number of sulfonamides is 1. The van der Waals surface area contributed by atoms with Crippen LogP contribution in [0.4, 0.5) is 10.5 Å². The van der Waals surface area contributed by atoms with E-state index in [1.165, 1.54) is 23.4 Å². The van der Waals surface area contributed by atoms with Gasteiger partial charge in [-0.15, -0.1) is 0 Å². The quantitative estimate of drug-likeness (QED) is 0.608. The normalized spacial score (nSPS) is 18.9. The number of amides is 3. The van der Waals surface area contributed by atoms with Crippen molar-refractivity contribution in [3.63, 3.8) is 0 Å². The van der Waals surface area contributed by atoms with Crippen LogP contribution < -0.4 is 10.6 Å². The van der Waals surface area contributed by atoms with Crippen LogP contribution in [0.1, 0.15) is 46.5 Å². The lowest BCUT2D eigenvalue weighted by Gasteiger charge is -2.37. The molecule has 2 aliphatic heterocycles. The molecule has 2 aliphatic rings. The second kappa shape index (κ2) is 11.5. The lowest BCUT2D eigenvalue weighted by molar-refractivity contribution is -0.114. The Morgan fingerprint density at radius 1 is 1.03 bits per heavy atom. The number of hydrogen-bond acceptors (Lipinski definition) is 5. The van der Waals surface area contributed by atoms with Crippen LogP contribution in [0.25, 0.3) is 0 Å². The molecule has 0 saturated carbocycles. The number of benzene rings is 1. The Kier molecular flexibility index (Phi) is 8.95. The Morgan fingerprint density at radius 3 is 2.15 bits per heavy atom. The van der Waals surface area contributed by atoms with Crippen molar-refractivity contribution in [1.29, 1.82) is 0 Å². The predicted octanol–water partition coefficient (Wildman–Crippen LogP) is 2.56. The number of piperidine rings is 2. The van der Waals surface area contributed by atoms with Crippen molar-refractivity contribution in [2.24, 2.45) is 5.92 Å². The fourth-order valence-corrected chi connectivity index (χ4v) is 5.98. The molecule has 1 aromatic rings. The Balaban J connectivity index is 1.45. The van der Waals surface area contributed by atoms with Gasteiger partial charge in [0.25, 0.3) is 0 Å². The second-order valence-corrected chi connectivity index (χ2v) is 11.7. The largest absolute Gasteiger partial charge is 0.335 e. The molecule has 0 aromatic heterocycles. The first-order valence-corrected chi connectivity index (χ1v) is 13.6. The van der Waals surface area contributed by atoms with Crippen LogP contribution in [-0.4, -0.2) is 86.3 Å². The molecule has 34 heavy (non-hydrogen) atoms. The third-order valence-electron chi connectivity index (χ3n) is 6.92. The Bertz CT molecular complexity index is 935. The predicted molar refractivity (Wildman–Crippen MR) is 133 cm³/mol. The zero-order valence-electron chi connectivity index (χ0n) is 20.8. The third-order valence-corrected chi connectivity index (χ3v) is 8.84. The number of hydrogen-bond donors (Lipinski definition) is 2. The highest BCUT2D eigenvalue weighted by Gasteiger charge is 2.31. The molecule has 0 atom stereocenters. The zero-order chi connectivity index (χ0) is 24.9. The molecule has 1 aromatic carbocycles. The van der Waals surface area contributed by atoms with Crippen molar-refractivity contribution in [1.82, 2.24) is 19.4 Å². The maximum atomic E-state index is 13.0. The van der Waals surface area contributed by atoms with Crippen LogP contribution in [0.3, 0.4) is 0 Å². The summed E-state index contributed by atoms with van der Waals surface area (Å²) in [4.78, 5) is 28.4. The van der Waals surface area contributed by atoms with Crippen LogP contribution in [-0.2, 0) is 14.8 Å². The van der Waals surface area contributed by atoms with Gasteiger partial charge < -0.3 is 20.4 Å². The first-order valence-electron chi connectivity index (χ1n) is 12.2. The lowest BCUT2D eigenvalue weighted by atomic mass is 9.96. The number of urea groups is 1. The third kappa shape index (κ3) is 6.93. The number of nitrogens with zero attached hydrogens (tertiary/aromatic N) is 3. The van der Waals surface area contributed by atoms with Crippen molar-refractivity contribution in [2.75, 3.05) is 45.1 Å². The van der Waals surface area contributed by atoms with E-state index in [4.69, 9.17) is 0 Å². The first-order chi connectivity index (χ1) is 16.1. The van der Waals surface area contributed by atoms with Gasteiger partial charge in [-0.05, 0) is 76.8 Å². The van der Waals surface area contributed by atoms with E-state index < -0.39 is 10.0 Å². The highest BCUT2D eigenvalue weighted by molar-refractivity contribution is 7.89. The molecule has 3 rings (SSSR count). The van der Waals surface area contributed by atoms with Crippen LogP contribution in [0.5, 0.6) is 0 Å².